The van der Waals surface area contributed by atoms with E-state index in [9.17, 15) is 4.79 Å². The molecule has 0 saturated carbocycles. The van der Waals surface area contributed by atoms with Crippen LogP contribution in [0.15, 0.2) is 28.7 Å². The maximum absolute atomic E-state index is 11.6. The van der Waals surface area contributed by atoms with Crippen molar-refractivity contribution in [1.29, 1.82) is 0 Å². The first kappa shape index (κ1) is 11.2. The van der Waals surface area contributed by atoms with Gasteiger partial charge in [0.2, 0.25) is 5.91 Å². The largest absolute Gasteiger partial charge is 0.346 e. The molecule has 0 fully saturated rings. The summed E-state index contributed by atoms with van der Waals surface area (Å²) in [5, 5.41) is 0. The Morgan fingerprint density at radius 3 is 2.79 bits per heavy atom. The molecule has 0 heterocycles. The number of hydrogen-bond acceptors (Lipinski definition) is 1. The van der Waals surface area contributed by atoms with Crippen molar-refractivity contribution in [2.45, 2.75) is 13.3 Å². The summed E-state index contributed by atoms with van der Waals surface area (Å²) in [5.74, 6) is 0.158. The highest BCUT2D eigenvalue weighted by Crippen LogP contribution is 2.12. The maximum Gasteiger partial charge on any atom is 0.226 e. The molecule has 0 aliphatic rings. The number of carbonyl (C=O) groups excluding carboxylic acids is 1. The summed E-state index contributed by atoms with van der Waals surface area (Å²) in [4.78, 5) is 13.3. The molecule has 14 heavy (non-hydrogen) atoms. The van der Waals surface area contributed by atoms with Crippen LogP contribution >= 0.6 is 15.9 Å². The van der Waals surface area contributed by atoms with E-state index in [4.69, 9.17) is 0 Å². The normalized spacial score (nSPS) is 9.93. The first-order valence-electron chi connectivity index (χ1n) is 4.62. The zero-order chi connectivity index (χ0) is 10.6. The molecule has 1 rings (SSSR count). The number of rotatable bonds is 3. The summed E-state index contributed by atoms with van der Waals surface area (Å²) < 4.78 is 1.02. The summed E-state index contributed by atoms with van der Waals surface area (Å²) in [5.41, 5.74) is 1.05. The number of nitrogens with zero attached hydrogens (tertiary/aromatic N) is 1. The summed E-state index contributed by atoms with van der Waals surface area (Å²) in [6.45, 7) is 2.73. The number of likely N-dealkylation sites (N-methyl/N-ethyl adjacent to an activating group) is 1. The van der Waals surface area contributed by atoms with Crippen LogP contribution in [0.1, 0.15) is 12.5 Å². The van der Waals surface area contributed by atoms with Gasteiger partial charge in [-0.3, -0.25) is 4.79 Å². The van der Waals surface area contributed by atoms with Gasteiger partial charge >= 0.3 is 0 Å². The lowest BCUT2D eigenvalue weighted by Gasteiger charge is -2.14. The van der Waals surface area contributed by atoms with E-state index in [1.165, 1.54) is 0 Å². The molecule has 0 aliphatic carbocycles. The van der Waals surface area contributed by atoms with Crippen molar-refractivity contribution in [3.05, 3.63) is 34.3 Å². The quantitative estimate of drug-likeness (QED) is 0.813. The number of halogens is 1. The second kappa shape index (κ2) is 5.15. The minimum Gasteiger partial charge on any atom is -0.346 e. The SMILES string of the molecule is CCN(C)C(=O)Cc1cccc(Br)c1. The number of hydrogen-bond donors (Lipinski definition) is 0. The van der Waals surface area contributed by atoms with E-state index in [1.807, 2.05) is 38.2 Å². The average Bonchev–Trinajstić information content (AvgIpc) is 2.16. The molecule has 0 aliphatic heterocycles. The minimum atomic E-state index is 0.158. The molecule has 0 atom stereocenters. The molecule has 0 spiro atoms. The number of benzene rings is 1. The summed E-state index contributed by atoms with van der Waals surface area (Å²) >= 11 is 3.38. The van der Waals surface area contributed by atoms with Crippen molar-refractivity contribution < 1.29 is 4.79 Å². The van der Waals surface area contributed by atoms with E-state index in [1.54, 1.807) is 4.90 Å². The molecular formula is C11H14BrNO. The van der Waals surface area contributed by atoms with Crippen LogP contribution in [-0.4, -0.2) is 24.4 Å². The Balaban J connectivity index is 2.65. The number of carbonyl (C=O) groups is 1. The topological polar surface area (TPSA) is 20.3 Å². The Labute approximate surface area is 93.0 Å². The van der Waals surface area contributed by atoms with E-state index in [0.29, 0.717) is 6.42 Å². The number of amides is 1. The van der Waals surface area contributed by atoms with Gasteiger partial charge in [-0.25, -0.2) is 0 Å². The lowest BCUT2D eigenvalue weighted by Crippen LogP contribution is -2.27. The van der Waals surface area contributed by atoms with Crippen LogP contribution in [-0.2, 0) is 11.2 Å². The molecular weight excluding hydrogens is 242 g/mol. The summed E-state index contributed by atoms with van der Waals surface area (Å²) in [7, 11) is 1.82. The third-order valence-electron chi connectivity index (χ3n) is 2.14. The molecule has 0 radical (unpaired) electrons. The second-order valence-corrected chi connectivity index (χ2v) is 4.13. The van der Waals surface area contributed by atoms with Crippen LogP contribution in [0.4, 0.5) is 0 Å². The first-order valence-corrected chi connectivity index (χ1v) is 5.41. The molecule has 0 bridgehead atoms. The van der Waals surface area contributed by atoms with Gasteiger partial charge in [0, 0.05) is 18.1 Å². The van der Waals surface area contributed by atoms with E-state index >= 15 is 0 Å². The van der Waals surface area contributed by atoms with Gasteiger partial charge in [-0.05, 0) is 24.6 Å². The van der Waals surface area contributed by atoms with Gasteiger partial charge in [-0.1, -0.05) is 28.1 Å². The zero-order valence-electron chi connectivity index (χ0n) is 8.46. The molecule has 0 saturated heterocycles. The van der Waals surface area contributed by atoms with Gasteiger partial charge in [0.1, 0.15) is 0 Å². The molecule has 1 amide bonds. The van der Waals surface area contributed by atoms with E-state index in [2.05, 4.69) is 15.9 Å². The van der Waals surface area contributed by atoms with Gasteiger partial charge in [0.25, 0.3) is 0 Å². The molecule has 1 aromatic carbocycles. The molecule has 1 aromatic rings. The van der Waals surface area contributed by atoms with Crippen LogP contribution in [0, 0.1) is 0 Å². The van der Waals surface area contributed by atoms with Crippen molar-refractivity contribution in [1.82, 2.24) is 4.90 Å². The third kappa shape index (κ3) is 3.14. The molecule has 76 valence electrons. The Morgan fingerprint density at radius 2 is 2.21 bits per heavy atom. The van der Waals surface area contributed by atoms with Crippen LogP contribution in [0.5, 0.6) is 0 Å². The second-order valence-electron chi connectivity index (χ2n) is 3.21. The smallest absolute Gasteiger partial charge is 0.226 e. The van der Waals surface area contributed by atoms with Crippen molar-refractivity contribution in [3.8, 4) is 0 Å². The van der Waals surface area contributed by atoms with Gasteiger partial charge in [0.05, 0.1) is 6.42 Å². The Morgan fingerprint density at radius 1 is 1.50 bits per heavy atom. The van der Waals surface area contributed by atoms with Gasteiger partial charge < -0.3 is 4.90 Å². The highest BCUT2D eigenvalue weighted by Gasteiger charge is 2.07. The maximum atomic E-state index is 11.6. The van der Waals surface area contributed by atoms with Crippen LogP contribution in [0.3, 0.4) is 0 Å². The monoisotopic (exact) mass is 255 g/mol. The van der Waals surface area contributed by atoms with Crippen molar-refractivity contribution in [2.24, 2.45) is 0 Å². The van der Waals surface area contributed by atoms with Crippen LogP contribution < -0.4 is 0 Å². The molecule has 0 unspecified atom stereocenters. The predicted octanol–water partition coefficient (Wildman–Crippen LogP) is 2.47. The van der Waals surface area contributed by atoms with Crippen LogP contribution in [0.2, 0.25) is 0 Å². The van der Waals surface area contributed by atoms with Crippen molar-refractivity contribution in [3.63, 3.8) is 0 Å². The van der Waals surface area contributed by atoms with Crippen molar-refractivity contribution in [2.75, 3.05) is 13.6 Å². The Bertz CT molecular complexity index is 325. The third-order valence-corrected chi connectivity index (χ3v) is 2.64. The van der Waals surface area contributed by atoms with Gasteiger partial charge in [-0.15, -0.1) is 0 Å². The lowest BCUT2D eigenvalue weighted by atomic mass is 10.1. The minimum absolute atomic E-state index is 0.158. The van der Waals surface area contributed by atoms with Gasteiger partial charge in [0.15, 0.2) is 0 Å². The molecule has 3 heteroatoms. The zero-order valence-corrected chi connectivity index (χ0v) is 10.0. The fraction of sp³-hybridized carbons (Fsp3) is 0.364. The average molecular weight is 256 g/mol. The van der Waals surface area contributed by atoms with Gasteiger partial charge in [-0.2, -0.15) is 0 Å². The molecule has 2 nitrogen and oxygen atoms in total. The fourth-order valence-corrected chi connectivity index (χ4v) is 1.58. The van der Waals surface area contributed by atoms with Crippen LogP contribution in [0.25, 0.3) is 0 Å². The predicted molar refractivity (Wildman–Crippen MR) is 61.2 cm³/mol. The van der Waals surface area contributed by atoms with Crippen molar-refractivity contribution >= 4 is 21.8 Å². The van der Waals surface area contributed by atoms with E-state index < -0.39 is 0 Å². The Kier molecular flexibility index (Phi) is 4.14. The first-order chi connectivity index (χ1) is 6.63. The molecule has 0 N–H and O–H groups in total. The van der Waals surface area contributed by atoms with E-state index in [0.717, 1.165) is 16.6 Å². The lowest BCUT2D eigenvalue weighted by molar-refractivity contribution is -0.128. The fourth-order valence-electron chi connectivity index (χ4n) is 1.13. The highest BCUT2D eigenvalue weighted by molar-refractivity contribution is 9.10. The summed E-state index contributed by atoms with van der Waals surface area (Å²) in [6, 6.07) is 7.84. The Hall–Kier alpha value is -0.830. The summed E-state index contributed by atoms with van der Waals surface area (Å²) in [6.07, 6.45) is 0.476. The highest BCUT2D eigenvalue weighted by atomic mass is 79.9. The standard InChI is InChI=1S/C11H14BrNO/c1-3-13(2)11(14)8-9-5-4-6-10(12)7-9/h4-7H,3,8H2,1-2H3. The molecule has 0 aromatic heterocycles. The van der Waals surface area contributed by atoms with E-state index in [-0.39, 0.29) is 5.91 Å².